The molecule has 1 atom stereocenters. The standard InChI is InChI=1S/C8H14N2O3/c1-5(9)6(11)10-8(7(12)13)3-2-4-8/h5H,2-4,9H2,1H3,(H,10,11)(H,12,13)/t5-/m0/s1. The van der Waals surface area contributed by atoms with Gasteiger partial charge in [0.1, 0.15) is 5.54 Å². The first-order chi connectivity index (χ1) is 5.98. The molecule has 1 aliphatic rings. The Hall–Kier alpha value is -1.10. The number of rotatable bonds is 3. The minimum Gasteiger partial charge on any atom is -0.480 e. The molecule has 0 unspecified atom stereocenters. The molecule has 0 aromatic heterocycles. The van der Waals surface area contributed by atoms with Crippen LogP contribution in [0.1, 0.15) is 26.2 Å². The fraction of sp³-hybridized carbons (Fsp3) is 0.750. The van der Waals surface area contributed by atoms with E-state index in [1.54, 1.807) is 0 Å². The Morgan fingerprint density at radius 2 is 2.08 bits per heavy atom. The zero-order valence-electron chi connectivity index (χ0n) is 7.54. The van der Waals surface area contributed by atoms with E-state index in [4.69, 9.17) is 10.8 Å². The van der Waals surface area contributed by atoms with Gasteiger partial charge < -0.3 is 16.2 Å². The Balaban J connectivity index is 2.59. The SMILES string of the molecule is C[C@H](N)C(=O)NC1(C(=O)O)CCC1. The summed E-state index contributed by atoms with van der Waals surface area (Å²) < 4.78 is 0. The second-order valence-electron chi connectivity index (χ2n) is 3.52. The van der Waals surface area contributed by atoms with Crippen LogP contribution in [0.5, 0.6) is 0 Å². The number of carboxylic acid groups (broad SMARTS) is 1. The molecule has 5 nitrogen and oxygen atoms in total. The Labute approximate surface area is 76.3 Å². The third kappa shape index (κ3) is 1.80. The van der Waals surface area contributed by atoms with Crippen LogP contribution in [0.15, 0.2) is 0 Å². The smallest absolute Gasteiger partial charge is 0.329 e. The fourth-order valence-electron chi connectivity index (χ4n) is 1.27. The van der Waals surface area contributed by atoms with Crippen LogP contribution in [0.25, 0.3) is 0 Å². The van der Waals surface area contributed by atoms with Crippen LogP contribution in [0, 0.1) is 0 Å². The molecule has 0 heterocycles. The van der Waals surface area contributed by atoms with E-state index in [1.165, 1.54) is 6.92 Å². The first kappa shape index (κ1) is 9.98. The van der Waals surface area contributed by atoms with E-state index in [2.05, 4.69) is 5.32 Å². The predicted octanol–water partition coefficient (Wildman–Crippen LogP) is -0.543. The Kier molecular flexibility index (Phi) is 2.56. The zero-order chi connectivity index (χ0) is 10.1. The van der Waals surface area contributed by atoms with Crippen molar-refractivity contribution in [1.29, 1.82) is 0 Å². The molecule has 0 aromatic carbocycles. The molecule has 4 N–H and O–H groups in total. The molecule has 5 heteroatoms. The van der Waals surface area contributed by atoms with E-state index in [0.29, 0.717) is 12.8 Å². The number of carbonyl (C=O) groups is 2. The van der Waals surface area contributed by atoms with E-state index >= 15 is 0 Å². The van der Waals surface area contributed by atoms with Crippen molar-refractivity contribution in [1.82, 2.24) is 5.32 Å². The van der Waals surface area contributed by atoms with Gasteiger partial charge in [-0.2, -0.15) is 0 Å². The summed E-state index contributed by atoms with van der Waals surface area (Å²) in [5.41, 5.74) is 4.28. The maximum atomic E-state index is 11.2. The topological polar surface area (TPSA) is 92.4 Å². The number of hydrogen-bond donors (Lipinski definition) is 3. The average Bonchev–Trinajstić information content (AvgIpc) is 1.95. The second-order valence-corrected chi connectivity index (χ2v) is 3.52. The molecular weight excluding hydrogens is 172 g/mol. The molecule has 13 heavy (non-hydrogen) atoms. The van der Waals surface area contributed by atoms with E-state index in [9.17, 15) is 9.59 Å². The quantitative estimate of drug-likeness (QED) is 0.551. The van der Waals surface area contributed by atoms with Gasteiger partial charge in [0.05, 0.1) is 6.04 Å². The van der Waals surface area contributed by atoms with Gasteiger partial charge in [0.15, 0.2) is 0 Å². The number of nitrogens with one attached hydrogen (secondary N) is 1. The highest BCUT2D eigenvalue weighted by Gasteiger charge is 2.45. The number of amides is 1. The highest BCUT2D eigenvalue weighted by atomic mass is 16.4. The van der Waals surface area contributed by atoms with Crippen LogP contribution in [-0.2, 0) is 9.59 Å². The van der Waals surface area contributed by atoms with Crippen molar-refractivity contribution >= 4 is 11.9 Å². The monoisotopic (exact) mass is 186 g/mol. The molecular formula is C8H14N2O3. The molecule has 74 valence electrons. The summed E-state index contributed by atoms with van der Waals surface area (Å²) in [5.74, 6) is -1.37. The Morgan fingerprint density at radius 3 is 2.31 bits per heavy atom. The minimum absolute atomic E-state index is 0.401. The lowest BCUT2D eigenvalue weighted by atomic mass is 9.76. The van der Waals surface area contributed by atoms with Gasteiger partial charge in [-0.1, -0.05) is 0 Å². The number of aliphatic carboxylic acids is 1. The van der Waals surface area contributed by atoms with Crippen LogP contribution in [0.2, 0.25) is 0 Å². The van der Waals surface area contributed by atoms with Crippen molar-refractivity contribution in [3.63, 3.8) is 0 Å². The molecule has 0 bridgehead atoms. The van der Waals surface area contributed by atoms with Gasteiger partial charge in [-0.15, -0.1) is 0 Å². The van der Waals surface area contributed by atoms with Crippen LogP contribution in [0.4, 0.5) is 0 Å². The minimum atomic E-state index is -1.04. The van der Waals surface area contributed by atoms with E-state index < -0.39 is 23.5 Å². The van der Waals surface area contributed by atoms with Crippen molar-refractivity contribution in [3.8, 4) is 0 Å². The van der Waals surface area contributed by atoms with Crippen molar-refractivity contribution in [2.45, 2.75) is 37.8 Å². The molecule has 0 aromatic rings. The second kappa shape index (κ2) is 3.33. The molecule has 1 fully saturated rings. The summed E-state index contributed by atoms with van der Waals surface area (Å²) in [7, 11) is 0. The summed E-state index contributed by atoms with van der Waals surface area (Å²) in [4.78, 5) is 22.0. The van der Waals surface area contributed by atoms with E-state index in [-0.39, 0.29) is 0 Å². The molecule has 1 amide bonds. The summed E-state index contributed by atoms with van der Waals surface area (Å²) >= 11 is 0. The maximum absolute atomic E-state index is 11.2. The Bertz CT molecular complexity index is 234. The summed E-state index contributed by atoms with van der Waals surface area (Å²) in [5, 5.41) is 11.3. The normalized spacial score (nSPS) is 21.4. The average molecular weight is 186 g/mol. The molecule has 0 spiro atoms. The Morgan fingerprint density at radius 1 is 1.54 bits per heavy atom. The summed E-state index contributed by atoms with van der Waals surface area (Å²) in [6.45, 7) is 1.53. The third-order valence-corrected chi connectivity index (χ3v) is 2.39. The molecule has 1 saturated carbocycles. The van der Waals surface area contributed by atoms with Gasteiger partial charge in [-0.25, -0.2) is 4.79 Å². The summed E-state index contributed by atoms with van der Waals surface area (Å²) in [6.07, 6.45) is 1.84. The van der Waals surface area contributed by atoms with Gasteiger partial charge in [0.25, 0.3) is 0 Å². The lowest BCUT2D eigenvalue weighted by Crippen LogP contribution is -2.61. The molecule has 0 saturated heterocycles. The lowest BCUT2D eigenvalue weighted by molar-refractivity contribution is -0.151. The predicted molar refractivity (Wildman–Crippen MR) is 46.0 cm³/mol. The van der Waals surface area contributed by atoms with E-state index in [1.807, 2.05) is 0 Å². The third-order valence-electron chi connectivity index (χ3n) is 2.39. The first-order valence-electron chi connectivity index (χ1n) is 4.29. The van der Waals surface area contributed by atoms with Crippen molar-refractivity contribution < 1.29 is 14.7 Å². The van der Waals surface area contributed by atoms with Crippen molar-refractivity contribution in [3.05, 3.63) is 0 Å². The van der Waals surface area contributed by atoms with Gasteiger partial charge in [-0.05, 0) is 26.2 Å². The van der Waals surface area contributed by atoms with Crippen LogP contribution in [0.3, 0.4) is 0 Å². The zero-order valence-corrected chi connectivity index (χ0v) is 7.54. The largest absolute Gasteiger partial charge is 0.480 e. The number of carbonyl (C=O) groups excluding carboxylic acids is 1. The number of hydrogen-bond acceptors (Lipinski definition) is 3. The summed E-state index contributed by atoms with van der Waals surface area (Å²) in [6, 6.07) is -0.656. The molecule has 1 aliphatic carbocycles. The first-order valence-corrected chi connectivity index (χ1v) is 4.29. The number of nitrogens with two attached hydrogens (primary N) is 1. The molecule has 0 aliphatic heterocycles. The number of carboxylic acids is 1. The van der Waals surface area contributed by atoms with Crippen LogP contribution < -0.4 is 11.1 Å². The fourth-order valence-corrected chi connectivity index (χ4v) is 1.27. The van der Waals surface area contributed by atoms with Gasteiger partial charge >= 0.3 is 5.97 Å². The van der Waals surface area contributed by atoms with Crippen molar-refractivity contribution in [2.24, 2.45) is 5.73 Å². The van der Waals surface area contributed by atoms with Crippen molar-refractivity contribution in [2.75, 3.05) is 0 Å². The van der Waals surface area contributed by atoms with Gasteiger partial charge in [-0.3, -0.25) is 4.79 Å². The molecule has 1 rings (SSSR count). The highest BCUT2D eigenvalue weighted by Crippen LogP contribution is 2.31. The molecule has 0 radical (unpaired) electrons. The van der Waals surface area contributed by atoms with Crippen LogP contribution >= 0.6 is 0 Å². The lowest BCUT2D eigenvalue weighted by Gasteiger charge is -2.38. The van der Waals surface area contributed by atoms with Crippen LogP contribution in [-0.4, -0.2) is 28.6 Å². The maximum Gasteiger partial charge on any atom is 0.329 e. The van der Waals surface area contributed by atoms with E-state index in [0.717, 1.165) is 6.42 Å². The van der Waals surface area contributed by atoms with Gasteiger partial charge in [0.2, 0.25) is 5.91 Å². The van der Waals surface area contributed by atoms with Gasteiger partial charge in [0, 0.05) is 0 Å². The highest BCUT2D eigenvalue weighted by molar-refractivity contribution is 5.89.